The molecule has 0 spiro atoms. The molecule has 116 valence electrons. The Morgan fingerprint density at radius 2 is 2.32 bits per heavy atom. The van der Waals surface area contributed by atoms with Crippen LogP contribution in [0.15, 0.2) is 30.7 Å². The number of aromatic amines is 1. The molecule has 2 rings (SSSR count). The lowest BCUT2D eigenvalue weighted by atomic mass is 9.99. The normalized spacial score (nSPS) is 12.9. The van der Waals surface area contributed by atoms with Crippen LogP contribution in [-0.2, 0) is 14.3 Å². The van der Waals surface area contributed by atoms with Gasteiger partial charge in [-0.15, -0.1) is 0 Å². The summed E-state index contributed by atoms with van der Waals surface area (Å²) in [6.45, 7) is 1.71. The third-order valence-corrected chi connectivity index (χ3v) is 3.16. The smallest absolute Gasteiger partial charge is 0.333 e. The Labute approximate surface area is 125 Å². The Hall–Kier alpha value is -2.83. The number of hydrogen-bond acceptors (Lipinski definition) is 4. The van der Waals surface area contributed by atoms with Crippen LogP contribution in [0.4, 0.5) is 4.39 Å². The summed E-state index contributed by atoms with van der Waals surface area (Å²) < 4.78 is 18.3. The van der Waals surface area contributed by atoms with E-state index in [9.17, 15) is 19.1 Å². The van der Waals surface area contributed by atoms with Crippen molar-refractivity contribution in [3.05, 3.63) is 36.3 Å². The number of hydrogen-bond donors (Lipinski definition) is 3. The minimum Gasteiger partial charge on any atom is -0.508 e. The van der Waals surface area contributed by atoms with Gasteiger partial charge in [0.1, 0.15) is 5.75 Å². The molecule has 0 fully saturated rings. The van der Waals surface area contributed by atoms with E-state index < -0.39 is 12.0 Å². The molecule has 1 heterocycles. The van der Waals surface area contributed by atoms with E-state index in [4.69, 9.17) is 4.74 Å². The van der Waals surface area contributed by atoms with Gasteiger partial charge in [-0.3, -0.25) is 4.79 Å². The molecule has 2 aromatic rings. The number of benzene rings is 1. The Balaban J connectivity index is 2.50. The average Bonchev–Trinajstić information content (AvgIpc) is 2.90. The lowest BCUT2D eigenvalue weighted by Crippen LogP contribution is -2.38. The summed E-state index contributed by atoms with van der Waals surface area (Å²) in [5, 5.41) is 12.3. The number of halogens is 1. The number of aromatic nitrogens is 1. The second kappa shape index (κ2) is 6.75. The van der Waals surface area contributed by atoms with Crippen LogP contribution in [0.5, 0.6) is 5.75 Å². The predicted molar refractivity (Wildman–Crippen MR) is 78.7 cm³/mol. The number of rotatable bonds is 6. The number of carbonyl (C=O) groups excluding carboxylic acids is 2. The van der Waals surface area contributed by atoms with Crippen molar-refractivity contribution in [2.45, 2.75) is 13.0 Å². The number of carbonyl (C=O) groups is 2. The second-order valence-electron chi connectivity index (χ2n) is 4.47. The maximum Gasteiger partial charge on any atom is 0.333 e. The lowest BCUT2D eigenvalue weighted by molar-refractivity contribution is -0.144. The summed E-state index contributed by atoms with van der Waals surface area (Å²) in [4.78, 5) is 25.5. The van der Waals surface area contributed by atoms with E-state index in [1.165, 1.54) is 18.3 Å². The predicted octanol–water partition coefficient (Wildman–Crippen LogP) is 1.86. The van der Waals surface area contributed by atoms with Crippen LogP contribution in [0.1, 0.15) is 12.5 Å². The third-order valence-electron chi connectivity index (χ3n) is 3.16. The summed E-state index contributed by atoms with van der Waals surface area (Å²) in [7, 11) is 0. The quantitative estimate of drug-likeness (QED) is 0.561. The number of phenolic OH excluding ortho intramolecular Hbond substituents is 1. The van der Waals surface area contributed by atoms with Crippen LogP contribution >= 0.6 is 0 Å². The van der Waals surface area contributed by atoms with Crippen LogP contribution in [-0.4, -0.2) is 35.1 Å². The maximum absolute atomic E-state index is 13.4. The average molecular weight is 306 g/mol. The highest BCUT2D eigenvalue weighted by Crippen LogP contribution is 2.30. The molecule has 0 saturated heterocycles. The molecule has 1 atom stereocenters. The lowest BCUT2D eigenvalue weighted by Gasteiger charge is -2.17. The summed E-state index contributed by atoms with van der Waals surface area (Å²) >= 11 is 0. The summed E-state index contributed by atoms with van der Waals surface area (Å²) in [6, 6.07) is 3.27. The molecule has 0 aliphatic carbocycles. The Morgan fingerprint density at radius 1 is 1.55 bits per heavy atom. The summed E-state index contributed by atoms with van der Waals surface area (Å²) in [5.74, 6) is -0.768. The fourth-order valence-corrected chi connectivity index (χ4v) is 2.20. The maximum atomic E-state index is 13.4. The molecule has 1 unspecified atom stereocenters. The number of ether oxygens (including phenoxy) is 1. The first-order chi connectivity index (χ1) is 10.6. The first kappa shape index (κ1) is 15.6. The van der Waals surface area contributed by atoms with E-state index >= 15 is 0 Å². The molecule has 0 radical (unpaired) electrons. The first-order valence-corrected chi connectivity index (χ1v) is 6.59. The number of nitrogens with one attached hydrogen (secondary N) is 2. The number of aromatic hydroxyl groups is 1. The zero-order chi connectivity index (χ0) is 16.1. The molecule has 1 aromatic heterocycles. The molecule has 0 saturated carbocycles. The highest BCUT2D eigenvalue weighted by Gasteiger charge is 2.27. The van der Waals surface area contributed by atoms with Crippen molar-refractivity contribution in [2.75, 3.05) is 6.61 Å². The van der Waals surface area contributed by atoms with Gasteiger partial charge in [0.05, 0.1) is 12.9 Å². The Bertz CT molecular complexity index is 723. The Morgan fingerprint density at radius 3 is 2.95 bits per heavy atom. The number of H-pyrrole nitrogens is 1. The van der Waals surface area contributed by atoms with Crippen molar-refractivity contribution in [1.29, 1.82) is 0 Å². The molecule has 7 heteroatoms. The van der Waals surface area contributed by atoms with Gasteiger partial charge in [0.2, 0.25) is 6.41 Å². The fraction of sp³-hybridized carbons (Fsp3) is 0.200. The van der Waals surface area contributed by atoms with Crippen LogP contribution in [0, 0.1) is 0 Å². The number of phenols is 1. The molecule has 1 aromatic carbocycles. The number of fused-ring (bicyclic) bond motifs is 1. The molecule has 3 N–H and O–H groups in total. The van der Waals surface area contributed by atoms with E-state index in [2.05, 4.69) is 10.3 Å². The number of esters is 1. The van der Waals surface area contributed by atoms with Crippen LogP contribution in [0.25, 0.3) is 16.5 Å². The summed E-state index contributed by atoms with van der Waals surface area (Å²) in [6.07, 6.45) is 2.04. The van der Waals surface area contributed by atoms with Gasteiger partial charge in [0.25, 0.3) is 0 Å². The van der Waals surface area contributed by atoms with E-state index in [0.717, 1.165) is 0 Å². The highest BCUT2D eigenvalue weighted by atomic mass is 19.1. The van der Waals surface area contributed by atoms with Gasteiger partial charge >= 0.3 is 5.97 Å². The first-order valence-electron chi connectivity index (χ1n) is 6.59. The van der Waals surface area contributed by atoms with Gasteiger partial charge in [-0.1, -0.05) is 0 Å². The monoisotopic (exact) mass is 306 g/mol. The molecule has 0 aliphatic heterocycles. The van der Waals surface area contributed by atoms with Crippen LogP contribution in [0.3, 0.4) is 0 Å². The number of amides is 1. The molecular weight excluding hydrogens is 291 g/mol. The van der Waals surface area contributed by atoms with Crippen molar-refractivity contribution in [3.8, 4) is 5.75 Å². The van der Waals surface area contributed by atoms with Gasteiger partial charge < -0.3 is 20.1 Å². The van der Waals surface area contributed by atoms with Crippen LogP contribution in [0.2, 0.25) is 0 Å². The van der Waals surface area contributed by atoms with Crippen LogP contribution < -0.4 is 5.32 Å². The molecule has 0 bridgehead atoms. The zero-order valence-electron chi connectivity index (χ0n) is 11.8. The molecule has 6 nitrogen and oxygen atoms in total. The molecular formula is C15H15FN2O4. The van der Waals surface area contributed by atoms with E-state index in [0.29, 0.717) is 22.9 Å². The van der Waals surface area contributed by atoms with Gasteiger partial charge in [0, 0.05) is 28.2 Å². The minimum absolute atomic E-state index is 0.00240. The molecule has 1 amide bonds. The van der Waals surface area contributed by atoms with Crippen molar-refractivity contribution in [1.82, 2.24) is 10.3 Å². The molecule has 0 aliphatic rings. The minimum atomic E-state index is -1.27. The van der Waals surface area contributed by atoms with E-state index in [-0.39, 0.29) is 24.3 Å². The van der Waals surface area contributed by atoms with Gasteiger partial charge in [0.15, 0.2) is 6.04 Å². The molecule has 22 heavy (non-hydrogen) atoms. The standard InChI is InChI=1S/C15H15FN2O4/c1-2-22-15(21)14(18-8-19)11(6-16)12-7-17-13-4-3-9(20)5-10(12)13/h3-8,14,17,20H,2H2,1H3,(H,18,19)/b11-6-. The van der Waals surface area contributed by atoms with Crippen molar-refractivity contribution < 1.29 is 23.8 Å². The van der Waals surface area contributed by atoms with E-state index in [1.54, 1.807) is 13.0 Å². The van der Waals surface area contributed by atoms with Crippen molar-refractivity contribution in [2.24, 2.45) is 0 Å². The van der Waals surface area contributed by atoms with Gasteiger partial charge in [-0.05, 0) is 25.1 Å². The Kier molecular flexibility index (Phi) is 4.77. The van der Waals surface area contributed by atoms with Gasteiger partial charge in [-0.2, -0.15) is 0 Å². The third kappa shape index (κ3) is 2.93. The van der Waals surface area contributed by atoms with Crippen molar-refractivity contribution in [3.63, 3.8) is 0 Å². The zero-order valence-corrected chi connectivity index (χ0v) is 11.8. The SMILES string of the molecule is CCOC(=O)C(NC=O)/C(=C\F)c1c[nH]c2ccc(O)cc12. The fourth-order valence-electron chi connectivity index (χ4n) is 2.20. The topological polar surface area (TPSA) is 91.4 Å². The second-order valence-corrected chi connectivity index (χ2v) is 4.47. The van der Waals surface area contributed by atoms with Gasteiger partial charge in [-0.25, -0.2) is 9.18 Å². The van der Waals surface area contributed by atoms with Crippen molar-refractivity contribution >= 4 is 28.9 Å². The largest absolute Gasteiger partial charge is 0.508 e. The highest BCUT2D eigenvalue weighted by molar-refractivity contribution is 6.01. The summed E-state index contributed by atoms with van der Waals surface area (Å²) in [5.41, 5.74) is 0.934. The van der Waals surface area contributed by atoms with E-state index in [1.807, 2.05) is 0 Å².